The highest BCUT2D eigenvalue weighted by molar-refractivity contribution is 7.35. The summed E-state index contributed by atoms with van der Waals surface area (Å²) in [5, 5.41) is 39.2. The van der Waals surface area contributed by atoms with E-state index in [0.717, 1.165) is 19.5 Å². The minimum Gasteiger partial charge on any atom is -0.289 e. The summed E-state index contributed by atoms with van der Waals surface area (Å²) in [5.74, 6) is -0.353. The summed E-state index contributed by atoms with van der Waals surface area (Å²) in [5.41, 5.74) is 8.76. The van der Waals surface area contributed by atoms with Gasteiger partial charge in [-0.1, -0.05) is 76.2 Å². The Kier molecular flexibility index (Phi) is 8.83. The third-order valence-corrected chi connectivity index (χ3v) is 20.8. The second-order valence-corrected chi connectivity index (χ2v) is 23.8. The zero-order valence-corrected chi connectivity index (χ0v) is 40.2. The number of hydrogen-bond donors (Lipinski definition) is 0. The van der Waals surface area contributed by atoms with Crippen molar-refractivity contribution in [1.29, 1.82) is 21.0 Å². The number of thiophene rings is 6. The quantitative estimate of drug-likeness (QED) is 0.128. The Balaban J connectivity index is 0.870. The highest BCUT2D eigenvalue weighted by atomic mass is 32.1. The first-order valence-corrected chi connectivity index (χ1v) is 25.7. The van der Waals surface area contributed by atoms with Crippen LogP contribution in [0.2, 0.25) is 0 Å². The molecule has 12 rings (SSSR count). The molecule has 0 saturated heterocycles. The van der Waals surface area contributed by atoms with Crippen LogP contribution in [-0.4, -0.2) is 11.6 Å². The molecule has 12 heteroatoms. The number of carbonyl (C=O) groups excluding carboxylic acids is 2. The minimum atomic E-state index is -0.209. The smallest absolute Gasteiger partial charge is 0.194 e. The Hall–Kier alpha value is -6.84. The van der Waals surface area contributed by atoms with E-state index in [1.165, 1.54) is 60.9 Å². The Morgan fingerprint density at radius 1 is 0.470 bits per heavy atom. The van der Waals surface area contributed by atoms with Gasteiger partial charge < -0.3 is 0 Å². The molecule has 66 heavy (non-hydrogen) atoms. The average Bonchev–Trinajstić information content (AvgIpc) is 4.17. The van der Waals surface area contributed by atoms with E-state index < -0.39 is 0 Å². The largest absolute Gasteiger partial charge is 0.289 e. The molecule has 0 atom stereocenters. The minimum absolute atomic E-state index is 0.0639. The number of carbonyl (C=O) groups is 2. The molecule has 0 N–H and O–H groups in total. The molecule has 8 aromatic rings. The molecular formula is C54H28N4O2S6. The molecule has 0 aliphatic heterocycles. The van der Waals surface area contributed by atoms with Gasteiger partial charge in [0, 0.05) is 83.3 Å². The molecule has 0 unspecified atom stereocenters. The fourth-order valence-electron chi connectivity index (χ4n) is 10.1. The van der Waals surface area contributed by atoms with Crippen molar-refractivity contribution in [2.45, 2.75) is 38.5 Å². The maximum Gasteiger partial charge on any atom is 0.194 e. The Morgan fingerprint density at radius 3 is 1.23 bits per heavy atom. The van der Waals surface area contributed by atoms with Gasteiger partial charge in [-0.25, -0.2) is 0 Å². The van der Waals surface area contributed by atoms with Crippen molar-refractivity contribution in [2.75, 3.05) is 0 Å². The van der Waals surface area contributed by atoms with Crippen LogP contribution in [0.3, 0.4) is 0 Å². The molecule has 0 bridgehead atoms. The maximum atomic E-state index is 13.6. The number of nitrogens with zero attached hydrogens (tertiary/aromatic N) is 4. The van der Waals surface area contributed by atoms with Crippen molar-refractivity contribution < 1.29 is 9.59 Å². The molecule has 0 spiro atoms. The van der Waals surface area contributed by atoms with Gasteiger partial charge in [0.1, 0.15) is 35.4 Å². The molecule has 2 aromatic carbocycles. The second kappa shape index (κ2) is 14.3. The SMILES string of the molecule is CC1(C)c2cc(-c3ccc(C=C4C(=O)c5ccccc5C4=C(C#N)C#N)s3)sc2-c2sc3c4c(sc3c21)-c1sc(-c2ccc(C=C3C(=O)c5ccccc5C3=C(C#N)C#N)s2)cc1C4(C)C. The fraction of sp³-hybridized carbons (Fsp3) is 0.111. The Bertz CT molecular complexity index is 3630. The first-order chi connectivity index (χ1) is 31.9. The average molecular weight is 957 g/mol. The van der Waals surface area contributed by atoms with Gasteiger partial charge in [0.15, 0.2) is 11.6 Å². The second-order valence-electron chi connectivity index (χ2n) is 17.4. The molecule has 4 aliphatic rings. The van der Waals surface area contributed by atoms with Gasteiger partial charge in [0.2, 0.25) is 0 Å². The topological polar surface area (TPSA) is 129 Å². The highest BCUT2D eigenvalue weighted by Crippen LogP contribution is 2.66. The number of fused-ring (bicyclic) bond motifs is 11. The molecule has 312 valence electrons. The number of rotatable bonds is 4. The number of hydrogen-bond acceptors (Lipinski definition) is 12. The van der Waals surface area contributed by atoms with Gasteiger partial charge in [-0.3, -0.25) is 9.59 Å². The van der Waals surface area contributed by atoms with Gasteiger partial charge >= 0.3 is 0 Å². The molecule has 0 fully saturated rings. The standard InChI is InChI=1S/C54H28N4O2S6/c1-53(2)35-19-39(37-15-13-27(61-37)17-33-41(25(21-55)22-56)29-9-5-7-11-31(29)45(33)59)63-47(35)49-43(53)51-52(65-49)44-50(66-51)48-36(54(44,3)4)20-40(64-48)38-16-14-28(62-38)18-34-42(26(23-57)24-58)30-10-6-8-12-32(30)46(34)60/h5-20H,1-4H3. The van der Waals surface area contributed by atoms with E-state index in [-0.39, 0.29) is 33.5 Å². The number of benzene rings is 2. The highest BCUT2D eigenvalue weighted by Gasteiger charge is 2.47. The lowest BCUT2D eigenvalue weighted by Crippen LogP contribution is -2.15. The van der Waals surface area contributed by atoms with Crippen LogP contribution in [0, 0.1) is 45.3 Å². The summed E-state index contributed by atoms with van der Waals surface area (Å²) in [7, 11) is 0. The van der Waals surface area contributed by atoms with Crippen LogP contribution in [-0.2, 0) is 10.8 Å². The van der Waals surface area contributed by atoms with Crippen LogP contribution in [0.25, 0.3) is 71.7 Å². The van der Waals surface area contributed by atoms with Crippen molar-refractivity contribution in [3.05, 3.63) is 161 Å². The third-order valence-electron chi connectivity index (χ3n) is 13.2. The first kappa shape index (κ1) is 40.7. The van der Waals surface area contributed by atoms with Crippen LogP contribution in [0.4, 0.5) is 0 Å². The molecule has 6 nitrogen and oxygen atoms in total. The first-order valence-electron chi connectivity index (χ1n) is 20.8. The third kappa shape index (κ3) is 5.49. The van der Waals surface area contributed by atoms with E-state index in [4.69, 9.17) is 0 Å². The van der Waals surface area contributed by atoms with Crippen molar-refractivity contribution in [2.24, 2.45) is 0 Å². The molecule has 0 saturated carbocycles. The van der Waals surface area contributed by atoms with Crippen molar-refractivity contribution in [3.8, 4) is 63.3 Å². The molecule has 6 heterocycles. The van der Waals surface area contributed by atoms with Gasteiger partial charge in [0.25, 0.3) is 0 Å². The number of Topliss-reactive ketones (excluding diaryl/α,β-unsaturated/α-hetero) is 2. The zero-order valence-electron chi connectivity index (χ0n) is 35.3. The lowest BCUT2D eigenvalue weighted by molar-refractivity contribution is 0.103. The molecule has 6 aromatic heterocycles. The predicted octanol–water partition coefficient (Wildman–Crippen LogP) is 15.3. The summed E-state index contributed by atoms with van der Waals surface area (Å²) in [6, 6.07) is 35.3. The van der Waals surface area contributed by atoms with E-state index >= 15 is 0 Å². The summed E-state index contributed by atoms with van der Waals surface area (Å²) >= 11 is 10.7. The van der Waals surface area contributed by atoms with Gasteiger partial charge in [0.05, 0.1) is 19.2 Å². The normalized spacial score (nSPS) is 16.7. The monoisotopic (exact) mass is 956 g/mol. The van der Waals surface area contributed by atoms with E-state index in [1.807, 2.05) is 106 Å². The number of nitriles is 4. The predicted molar refractivity (Wildman–Crippen MR) is 271 cm³/mol. The lowest BCUT2D eigenvalue weighted by Gasteiger charge is -2.20. The van der Waals surface area contributed by atoms with E-state index in [1.54, 1.807) is 59.1 Å². The van der Waals surface area contributed by atoms with Crippen molar-refractivity contribution in [1.82, 2.24) is 0 Å². The summed E-state index contributed by atoms with van der Waals surface area (Å²) in [4.78, 5) is 38.8. The Labute approximate surface area is 403 Å². The van der Waals surface area contributed by atoms with Crippen LogP contribution in [0.15, 0.2) is 107 Å². The summed E-state index contributed by atoms with van der Waals surface area (Å²) < 4.78 is 2.75. The summed E-state index contributed by atoms with van der Waals surface area (Å²) in [6.45, 7) is 9.37. The number of allylic oxidation sites excluding steroid dienone is 6. The van der Waals surface area contributed by atoms with Gasteiger partial charge in [-0.15, -0.1) is 68.0 Å². The van der Waals surface area contributed by atoms with Crippen molar-refractivity contribution >= 4 is 112 Å². The zero-order chi connectivity index (χ0) is 45.6. The van der Waals surface area contributed by atoms with Crippen molar-refractivity contribution in [3.63, 3.8) is 0 Å². The van der Waals surface area contributed by atoms with E-state index in [2.05, 4.69) is 52.0 Å². The fourth-order valence-corrected chi connectivity index (χ4v) is 18.6. The molecular weight excluding hydrogens is 929 g/mol. The van der Waals surface area contributed by atoms with E-state index in [9.17, 15) is 30.6 Å². The van der Waals surface area contributed by atoms with Crippen LogP contribution < -0.4 is 0 Å². The van der Waals surface area contributed by atoms with Crippen LogP contribution in [0.1, 0.15) is 91.5 Å². The Morgan fingerprint density at radius 2 is 0.848 bits per heavy atom. The van der Waals surface area contributed by atoms with Crippen LogP contribution >= 0.6 is 68.0 Å². The molecule has 0 amide bonds. The number of ketones is 2. The van der Waals surface area contributed by atoms with Gasteiger partial charge in [-0.2, -0.15) is 21.0 Å². The van der Waals surface area contributed by atoms with E-state index in [0.29, 0.717) is 44.5 Å². The van der Waals surface area contributed by atoms with Crippen LogP contribution in [0.5, 0.6) is 0 Å². The lowest BCUT2D eigenvalue weighted by atomic mass is 9.82. The molecule has 0 radical (unpaired) electrons. The molecule has 4 aliphatic carbocycles. The van der Waals surface area contributed by atoms with Gasteiger partial charge in [-0.05, 0) is 81.9 Å². The summed E-state index contributed by atoms with van der Waals surface area (Å²) in [6.07, 6.45) is 3.66. The maximum absolute atomic E-state index is 13.6.